The zero-order valence-corrected chi connectivity index (χ0v) is 10.8. The average molecular weight is 248 g/mol. The number of aliphatic imine (C=N–C) groups is 1. The maximum Gasteiger partial charge on any atom is 0.166 e. The maximum absolute atomic E-state index is 11.7. The fourth-order valence-electron chi connectivity index (χ4n) is 2.38. The number of hydrogen-bond donors (Lipinski definition) is 2. The Hall–Kier alpha value is -1.26. The molecule has 2 aliphatic rings. The van der Waals surface area contributed by atoms with E-state index >= 15 is 0 Å². The molecular weight excluding hydrogens is 228 g/mol. The summed E-state index contributed by atoms with van der Waals surface area (Å²) in [6.45, 7) is 2.92. The van der Waals surface area contributed by atoms with Crippen LogP contribution < -0.4 is 5.32 Å². The fraction of sp³-hybridized carbons (Fsp3) is 0.571. The highest BCUT2D eigenvalue weighted by atomic mass is 16.3. The fourth-order valence-corrected chi connectivity index (χ4v) is 2.38. The van der Waals surface area contributed by atoms with Gasteiger partial charge >= 0.3 is 0 Å². The van der Waals surface area contributed by atoms with Crippen LogP contribution in [0, 0.1) is 0 Å². The van der Waals surface area contributed by atoms with Crippen LogP contribution >= 0.6 is 0 Å². The predicted molar refractivity (Wildman–Crippen MR) is 71.6 cm³/mol. The Bertz CT molecular complexity index is 422. The van der Waals surface area contributed by atoms with Crippen LogP contribution in [-0.4, -0.2) is 36.3 Å². The number of carbonyl (C=O) groups is 1. The zero-order chi connectivity index (χ0) is 13.0. The molecular formula is C14H20N2O2. The minimum atomic E-state index is 0.129. The van der Waals surface area contributed by atoms with Crippen LogP contribution in [0.15, 0.2) is 27.9 Å². The SMILES string of the molecule is CCC[C@@H](CO)NCC1=CCC2=C1N=CCC2=O. The Morgan fingerprint density at radius 3 is 3.06 bits per heavy atom. The van der Waals surface area contributed by atoms with E-state index in [0.29, 0.717) is 19.4 Å². The van der Waals surface area contributed by atoms with Gasteiger partial charge in [-0.2, -0.15) is 0 Å². The first-order valence-electron chi connectivity index (χ1n) is 6.58. The van der Waals surface area contributed by atoms with Gasteiger partial charge in [0, 0.05) is 30.8 Å². The summed E-state index contributed by atoms with van der Waals surface area (Å²) in [6.07, 6.45) is 6.90. The van der Waals surface area contributed by atoms with Crippen molar-refractivity contribution < 1.29 is 9.90 Å². The van der Waals surface area contributed by atoms with E-state index in [4.69, 9.17) is 0 Å². The smallest absolute Gasteiger partial charge is 0.166 e. The normalized spacial score (nSPS) is 20.1. The average Bonchev–Trinajstić information content (AvgIpc) is 2.79. The molecule has 0 unspecified atom stereocenters. The molecule has 1 heterocycles. The van der Waals surface area contributed by atoms with Crippen LogP contribution in [0.5, 0.6) is 0 Å². The van der Waals surface area contributed by atoms with Crippen molar-refractivity contribution in [3.8, 4) is 0 Å². The predicted octanol–water partition coefficient (Wildman–Crippen LogP) is 1.36. The van der Waals surface area contributed by atoms with Crippen LogP contribution in [0.3, 0.4) is 0 Å². The van der Waals surface area contributed by atoms with Crippen molar-refractivity contribution in [1.82, 2.24) is 5.32 Å². The van der Waals surface area contributed by atoms with Gasteiger partial charge in [0.15, 0.2) is 5.78 Å². The summed E-state index contributed by atoms with van der Waals surface area (Å²) < 4.78 is 0. The molecule has 1 aliphatic heterocycles. The molecule has 4 heteroatoms. The number of aliphatic hydroxyl groups excluding tert-OH is 1. The molecule has 0 aromatic heterocycles. The second kappa shape index (κ2) is 6.07. The highest BCUT2D eigenvalue weighted by Crippen LogP contribution is 2.30. The minimum absolute atomic E-state index is 0.129. The summed E-state index contributed by atoms with van der Waals surface area (Å²) in [6, 6.07) is 0.129. The molecule has 0 spiro atoms. The number of allylic oxidation sites excluding steroid dienone is 2. The van der Waals surface area contributed by atoms with Gasteiger partial charge in [0.1, 0.15) is 0 Å². The van der Waals surface area contributed by atoms with Crippen molar-refractivity contribution in [3.63, 3.8) is 0 Å². The molecule has 1 atom stereocenters. The van der Waals surface area contributed by atoms with E-state index in [2.05, 4.69) is 23.3 Å². The standard InChI is InChI=1S/C14H20N2O2/c1-2-3-11(9-17)16-8-10-4-5-12-13(18)6-7-15-14(10)12/h4,7,11,16-17H,2-3,5-6,8-9H2,1H3/t11-/m0/s1. The van der Waals surface area contributed by atoms with Crippen LogP contribution in [0.25, 0.3) is 0 Å². The molecule has 2 N–H and O–H groups in total. The minimum Gasteiger partial charge on any atom is -0.395 e. The van der Waals surface area contributed by atoms with Gasteiger partial charge in [0.25, 0.3) is 0 Å². The summed E-state index contributed by atoms with van der Waals surface area (Å²) in [5, 5.41) is 12.6. The summed E-state index contributed by atoms with van der Waals surface area (Å²) >= 11 is 0. The monoisotopic (exact) mass is 248 g/mol. The molecule has 18 heavy (non-hydrogen) atoms. The lowest BCUT2D eigenvalue weighted by molar-refractivity contribution is -0.114. The number of aliphatic hydroxyl groups is 1. The Labute approximate surface area is 107 Å². The molecule has 0 amide bonds. The van der Waals surface area contributed by atoms with Crippen LogP contribution in [-0.2, 0) is 4.79 Å². The first kappa shape index (κ1) is 13.2. The highest BCUT2D eigenvalue weighted by Gasteiger charge is 2.24. The first-order chi connectivity index (χ1) is 8.76. The molecule has 1 aliphatic carbocycles. The topological polar surface area (TPSA) is 61.7 Å². The van der Waals surface area contributed by atoms with Crippen molar-refractivity contribution in [3.05, 3.63) is 22.9 Å². The quantitative estimate of drug-likeness (QED) is 0.746. The van der Waals surface area contributed by atoms with Gasteiger partial charge in [0.2, 0.25) is 0 Å². The second-order valence-electron chi connectivity index (χ2n) is 4.75. The Morgan fingerprint density at radius 2 is 2.33 bits per heavy atom. The van der Waals surface area contributed by atoms with Gasteiger partial charge in [-0.15, -0.1) is 0 Å². The third kappa shape index (κ3) is 2.76. The summed E-state index contributed by atoms with van der Waals surface area (Å²) in [5.41, 5.74) is 2.79. The molecule has 98 valence electrons. The molecule has 0 radical (unpaired) electrons. The van der Waals surface area contributed by atoms with Gasteiger partial charge in [-0.25, -0.2) is 0 Å². The third-order valence-corrected chi connectivity index (χ3v) is 3.41. The Morgan fingerprint density at radius 1 is 1.50 bits per heavy atom. The van der Waals surface area contributed by atoms with Crippen molar-refractivity contribution >= 4 is 12.0 Å². The third-order valence-electron chi connectivity index (χ3n) is 3.41. The summed E-state index contributed by atoms with van der Waals surface area (Å²) in [4.78, 5) is 16.0. The number of carbonyl (C=O) groups excluding carboxylic acids is 1. The number of hydrogen-bond acceptors (Lipinski definition) is 4. The van der Waals surface area contributed by atoms with Crippen LogP contribution in [0.4, 0.5) is 0 Å². The first-order valence-corrected chi connectivity index (χ1v) is 6.58. The number of Topliss-reactive ketones (excluding diaryl/α,β-unsaturated/α-hetero) is 1. The Balaban J connectivity index is 1.95. The van der Waals surface area contributed by atoms with Crippen LogP contribution in [0.1, 0.15) is 32.6 Å². The summed E-state index contributed by atoms with van der Waals surface area (Å²) in [7, 11) is 0. The van der Waals surface area contributed by atoms with E-state index < -0.39 is 0 Å². The lowest BCUT2D eigenvalue weighted by atomic mass is 10.0. The van der Waals surface area contributed by atoms with Crippen molar-refractivity contribution in [1.29, 1.82) is 0 Å². The highest BCUT2D eigenvalue weighted by molar-refractivity contribution is 6.07. The molecule has 0 saturated heterocycles. The van der Waals surface area contributed by atoms with Gasteiger partial charge < -0.3 is 10.4 Å². The van der Waals surface area contributed by atoms with E-state index in [1.807, 2.05) is 0 Å². The largest absolute Gasteiger partial charge is 0.395 e. The van der Waals surface area contributed by atoms with Gasteiger partial charge in [-0.3, -0.25) is 9.79 Å². The summed E-state index contributed by atoms with van der Waals surface area (Å²) in [5.74, 6) is 0.193. The second-order valence-corrected chi connectivity index (χ2v) is 4.75. The zero-order valence-electron chi connectivity index (χ0n) is 10.8. The number of nitrogens with zero attached hydrogens (tertiary/aromatic N) is 1. The van der Waals surface area contributed by atoms with E-state index in [9.17, 15) is 9.90 Å². The molecule has 2 rings (SSSR count). The van der Waals surface area contributed by atoms with Crippen molar-refractivity contribution in [2.24, 2.45) is 4.99 Å². The molecule has 0 fully saturated rings. The van der Waals surface area contributed by atoms with E-state index in [-0.39, 0.29) is 18.4 Å². The van der Waals surface area contributed by atoms with Crippen LogP contribution in [0.2, 0.25) is 0 Å². The molecule has 0 aromatic rings. The van der Waals surface area contributed by atoms with Crippen molar-refractivity contribution in [2.75, 3.05) is 13.2 Å². The molecule has 0 saturated carbocycles. The lowest BCUT2D eigenvalue weighted by Crippen LogP contribution is -2.33. The van der Waals surface area contributed by atoms with E-state index in [1.165, 1.54) is 0 Å². The lowest BCUT2D eigenvalue weighted by Gasteiger charge is -2.17. The number of nitrogens with one attached hydrogen (secondary N) is 1. The molecule has 0 aromatic carbocycles. The molecule has 0 bridgehead atoms. The number of rotatable bonds is 6. The van der Waals surface area contributed by atoms with Crippen molar-refractivity contribution in [2.45, 2.75) is 38.6 Å². The van der Waals surface area contributed by atoms with E-state index in [1.54, 1.807) is 6.21 Å². The number of ketones is 1. The van der Waals surface area contributed by atoms with Gasteiger partial charge in [0.05, 0.1) is 12.3 Å². The Kier molecular flexibility index (Phi) is 4.44. The molecule has 4 nitrogen and oxygen atoms in total. The van der Waals surface area contributed by atoms with Gasteiger partial charge in [-0.05, 0) is 18.4 Å². The van der Waals surface area contributed by atoms with E-state index in [0.717, 1.165) is 29.7 Å². The van der Waals surface area contributed by atoms with Gasteiger partial charge in [-0.1, -0.05) is 19.4 Å². The maximum atomic E-state index is 11.7.